The van der Waals surface area contributed by atoms with Gasteiger partial charge in [-0.3, -0.25) is 4.98 Å². The van der Waals surface area contributed by atoms with E-state index in [2.05, 4.69) is 25.7 Å². The summed E-state index contributed by atoms with van der Waals surface area (Å²) in [5, 5.41) is 0. The number of ether oxygens (including phenoxy) is 1. The third-order valence-corrected chi connectivity index (χ3v) is 2.22. The molecule has 0 aliphatic carbocycles. The topological polar surface area (TPSA) is 39.2 Å². The SMILES string of the molecule is COC(=O)c1c(Br)ccnc1C(F)(F)F. The van der Waals surface area contributed by atoms with E-state index in [9.17, 15) is 18.0 Å². The van der Waals surface area contributed by atoms with Gasteiger partial charge in [0, 0.05) is 10.7 Å². The molecule has 1 heterocycles. The summed E-state index contributed by atoms with van der Waals surface area (Å²) in [4.78, 5) is 14.2. The van der Waals surface area contributed by atoms with Crippen molar-refractivity contribution in [2.24, 2.45) is 0 Å². The number of hydrogen-bond donors (Lipinski definition) is 0. The van der Waals surface area contributed by atoms with Crippen molar-refractivity contribution >= 4 is 21.9 Å². The average molecular weight is 284 g/mol. The van der Waals surface area contributed by atoms with Gasteiger partial charge in [0.2, 0.25) is 0 Å². The summed E-state index contributed by atoms with van der Waals surface area (Å²) >= 11 is 2.84. The fraction of sp³-hybridized carbons (Fsp3) is 0.250. The van der Waals surface area contributed by atoms with Crippen LogP contribution < -0.4 is 0 Å². The molecule has 0 atom stereocenters. The van der Waals surface area contributed by atoms with Gasteiger partial charge in [-0.05, 0) is 22.0 Å². The Morgan fingerprint density at radius 2 is 2.13 bits per heavy atom. The van der Waals surface area contributed by atoms with Gasteiger partial charge in [-0.2, -0.15) is 13.2 Å². The number of halogens is 4. The monoisotopic (exact) mass is 283 g/mol. The van der Waals surface area contributed by atoms with Crippen LogP contribution in [0.25, 0.3) is 0 Å². The minimum atomic E-state index is -4.69. The second-order valence-corrected chi connectivity index (χ2v) is 3.36. The molecule has 0 aromatic carbocycles. The smallest absolute Gasteiger partial charge is 0.434 e. The molecule has 0 aliphatic rings. The number of aromatic nitrogens is 1. The number of hydrogen-bond acceptors (Lipinski definition) is 3. The fourth-order valence-corrected chi connectivity index (χ4v) is 1.42. The van der Waals surface area contributed by atoms with E-state index in [4.69, 9.17) is 0 Å². The number of methoxy groups -OCH3 is 1. The van der Waals surface area contributed by atoms with Crippen LogP contribution in [0.5, 0.6) is 0 Å². The van der Waals surface area contributed by atoms with Gasteiger partial charge in [-0.15, -0.1) is 0 Å². The number of esters is 1. The highest BCUT2D eigenvalue weighted by molar-refractivity contribution is 9.10. The number of carbonyl (C=O) groups is 1. The molecule has 0 fully saturated rings. The Bertz CT molecular complexity index is 392. The van der Waals surface area contributed by atoms with Crippen molar-refractivity contribution in [1.82, 2.24) is 4.98 Å². The van der Waals surface area contributed by atoms with Crippen LogP contribution in [0.2, 0.25) is 0 Å². The minimum absolute atomic E-state index is 0.00308. The van der Waals surface area contributed by atoms with Crippen LogP contribution in [0.1, 0.15) is 16.1 Å². The van der Waals surface area contributed by atoms with Gasteiger partial charge in [-0.1, -0.05) is 0 Å². The van der Waals surface area contributed by atoms with Crippen LogP contribution in [0.15, 0.2) is 16.7 Å². The van der Waals surface area contributed by atoms with Gasteiger partial charge in [0.15, 0.2) is 5.69 Å². The normalized spacial score (nSPS) is 11.3. The summed E-state index contributed by atoms with van der Waals surface area (Å²) in [5.74, 6) is -1.08. The molecule has 1 aromatic heterocycles. The average Bonchev–Trinajstić information content (AvgIpc) is 2.15. The molecule has 0 amide bonds. The lowest BCUT2D eigenvalue weighted by atomic mass is 10.2. The number of pyridine rings is 1. The molecule has 0 radical (unpaired) electrons. The highest BCUT2D eigenvalue weighted by Crippen LogP contribution is 2.33. The molecule has 1 rings (SSSR count). The quantitative estimate of drug-likeness (QED) is 0.744. The van der Waals surface area contributed by atoms with Crippen molar-refractivity contribution < 1.29 is 22.7 Å². The number of nitrogens with zero attached hydrogens (tertiary/aromatic N) is 1. The fourth-order valence-electron chi connectivity index (χ4n) is 0.949. The first-order valence-electron chi connectivity index (χ1n) is 3.68. The molecule has 0 unspecified atom stereocenters. The Labute approximate surface area is 91.4 Å². The molecule has 0 aliphatic heterocycles. The zero-order valence-electron chi connectivity index (χ0n) is 7.43. The van der Waals surface area contributed by atoms with Gasteiger partial charge in [-0.25, -0.2) is 4.79 Å². The molecule has 15 heavy (non-hydrogen) atoms. The van der Waals surface area contributed by atoms with Gasteiger partial charge >= 0.3 is 12.1 Å². The molecule has 82 valence electrons. The van der Waals surface area contributed by atoms with Crippen LogP contribution in [0.4, 0.5) is 13.2 Å². The van der Waals surface area contributed by atoms with E-state index in [1.165, 1.54) is 6.07 Å². The van der Waals surface area contributed by atoms with Gasteiger partial charge in [0.25, 0.3) is 0 Å². The Balaban J connectivity index is 3.40. The second kappa shape index (κ2) is 4.18. The van der Waals surface area contributed by atoms with Gasteiger partial charge < -0.3 is 4.74 Å². The van der Waals surface area contributed by atoms with Crippen molar-refractivity contribution in [3.63, 3.8) is 0 Å². The van der Waals surface area contributed by atoms with Crippen LogP contribution in [0.3, 0.4) is 0 Å². The first-order chi connectivity index (χ1) is 6.88. The third-order valence-electron chi connectivity index (χ3n) is 1.56. The Hall–Kier alpha value is -1.11. The summed E-state index contributed by atoms with van der Waals surface area (Å²) in [5.41, 5.74) is -1.88. The molecular weight excluding hydrogens is 279 g/mol. The highest BCUT2D eigenvalue weighted by Gasteiger charge is 2.38. The van der Waals surface area contributed by atoms with Crippen LogP contribution >= 0.6 is 15.9 Å². The highest BCUT2D eigenvalue weighted by atomic mass is 79.9. The summed E-state index contributed by atoms with van der Waals surface area (Å²) < 4.78 is 41.5. The van der Waals surface area contributed by atoms with Crippen LogP contribution in [-0.4, -0.2) is 18.1 Å². The first kappa shape index (κ1) is 12.0. The maximum absolute atomic E-state index is 12.4. The zero-order chi connectivity index (χ0) is 11.6. The van der Waals surface area contributed by atoms with E-state index in [0.29, 0.717) is 0 Å². The molecule has 7 heteroatoms. The predicted molar refractivity (Wildman–Crippen MR) is 48.3 cm³/mol. The second-order valence-electron chi connectivity index (χ2n) is 2.51. The molecule has 1 aromatic rings. The van der Waals surface area contributed by atoms with Crippen LogP contribution in [0, 0.1) is 0 Å². The van der Waals surface area contributed by atoms with E-state index in [-0.39, 0.29) is 4.47 Å². The van der Waals surface area contributed by atoms with E-state index in [1.807, 2.05) is 0 Å². The first-order valence-corrected chi connectivity index (χ1v) is 4.47. The number of carbonyl (C=O) groups excluding carboxylic acids is 1. The molecule has 0 saturated heterocycles. The Kier molecular flexibility index (Phi) is 3.33. The van der Waals surface area contributed by atoms with Crippen molar-refractivity contribution in [2.75, 3.05) is 7.11 Å². The number of rotatable bonds is 1. The predicted octanol–water partition coefficient (Wildman–Crippen LogP) is 2.65. The Morgan fingerprint density at radius 3 is 2.60 bits per heavy atom. The lowest BCUT2D eigenvalue weighted by Gasteiger charge is -2.10. The maximum atomic E-state index is 12.4. The Morgan fingerprint density at radius 1 is 1.53 bits per heavy atom. The van der Waals surface area contributed by atoms with Crippen molar-refractivity contribution in [1.29, 1.82) is 0 Å². The molecule has 0 spiro atoms. The lowest BCUT2D eigenvalue weighted by Crippen LogP contribution is -2.16. The van der Waals surface area contributed by atoms with E-state index >= 15 is 0 Å². The standard InChI is InChI=1S/C8H5BrF3NO2/c1-15-7(14)5-4(9)2-3-13-6(5)8(10,11)12/h2-3H,1H3. The molecule has 0 N–H and O–H groups in total. The van der Waals surface area contributed by atoms with Crippen molar-refractivity contribution in [3.05, 3.63) is 28.0 Å². The summed E-state index contributed by atoms with van der Waals surface area (Å²) in [6, 6.07) is 1.24. The van der Waals surface area contributed by atoms with Crippen LogP contribution in [-0.2, 0) is 10.9 Å². The summed E-state index contributed by atoms with van der Waals surface area (Å²) in [6.45, 7) is 0. The van der Waals surface area contributed by atoms with E-state index < -0.39 is 23.4 Å². The van der Waals surface area contributed by atoms with Crippen molar-refractivity contribution in [2.45, 2.75) is 6.18 Å². The molecule has 0 bridgehead atoms. The molecule has 0 saturated carbocycles. The summed E-state index contributed by atoms with van der Waals surface area (Å²) in [6.07, 6.45) is -3.73. The lowest BCUT2D eigenvalue weighted by molar-refractivity contribution is -0.141. The third kappa shape index (κ3) is 2.47. The van der Waals surface area contributed by atoms with Gasteiger partial charge in [0.05, 0.1) is 7.11 Å². The molecule has 3 nitrogen and oxygen atoms in total. The van der Waals surface area contributed by atoms with E-state index in [0.717, 1.165) is 13.3 Å². The summed E-state index contributed by atoms with van der Waals surface area (Å²) in [7, 11) is 1.00. The molecular formula is C8H5BrF3NO2. The van der Waals surface area contributed by atoms with Gasteiger partial charge in [0.1, 0.15) is 5.56 Å². The van der Waals surface area contributed by atoms with E-state index in [1.54, 1.807) is 0 Å². The van der Waals surface area contributed by atoms with Crippen molar-refractivity contribution in [3.8, 4) is 0 Å². The maximum Gasteiger partial charge on any atom is 0.434 e. The zero-order valence-corrected chi connectivity index (χ0v) is 9.02. The largest absolute Gasteiger partial charge is 0.465 e. The minimum Gasteiger partial charge on any atom is -0.465 e. The number of alkyl halides is 3.